The first-order valence-electron chi connectivity index (χ1n) is 7.59. The van der Waals surface area contributed by atoms with Gasteiger partial charge in [0.2, 0.25) is 0 Å². The molecule has 0 amide bonds. The maximum Gasteiger partial charge on any atom is 0.137 e. The second kappa shape index (κ2) is 8.20. The number of carbonyl (C=O) groups excluding carboxylic acids is 1. The molecule has 22 heavy (non-hydrogen) atoms. The first-order chi connectivity index (χ1) is 10.7. The van der Waals surface area contributed by atoms with Crippen LogP contribution in [0.4, 0.5) is 0 Å². The van der Waals surface area contributed by atoms with Crippen LogP contribution < -0.4 is 14.7 Å². The molecule has 116 valence electrons. The van der Waals surface area contributed by atoms with Gasteiger partial charge in [-0.05, 0) is 31.4 Å². The number of quaternary nitrogens is 1. The smallest absolute Gasteiger partial charge is 0.137 e. The normalized spacial score (nSPS) is 16.0. The molecule has 0 aromatic heterocycles. The Bertz CT molecular complexity index is 584. The topological polar surface area (TPSA) is 77.6 Å². The van der Waals surface area contributed by atoms with Gasteiger partial charge in [0.15, 0.2) is 0 Å². The summed E-state index contributed by atoms with van der Waals surface area (Å²) in [7, 11) is 0. The van der Waals surface area contributed by atoms with E-state index in [0.29, 0.717) is 17.9 Å². The van der Waals surface area contributed by atoms with Gasteiger partial charge >= 0.3 is 0 Å². The van der Waals surface area contributed by atoms with Gasteiger partial charge in [-0.1, -0.05) is 18.2 Å². The lowest BCUT2D eigenvalue weighted by atomic mass is 10.1. The highest BCUT2D eigenvalue weighted by molar-refractivity contribution is 5.95. The maximum atomic E-state index is 10.8. The van der Waals surface area contributed by atoms with E-state index in [9.17, 15) is 9.90 Å². The number of benzene rings is 1. The molecule has 0 saturated carbocycles. The van der Waals surface area contributed by atoms with Crippen molar-refractivity contribution >= 4 is 12.0 Å². The van der Waals surface area contributed by atoms with Crippen molar-refractivity contribution < 1.29 is 19.5 Å². The van der Waals surface area contributed by atoms with Crippen LogP contribution in [0.5, 0.6) is 5.75 Å². The summed E-state index contributed by atoms with van der Waals surface area (Å²) in [6.45, 7) is 3.89. The molecule has 0 spiro atoms. The molecule has 1 fully saturated rings. The molecule has 1 saturated heterocycles. The molecule has 1 aromatic rings. The number of nitriles is 1. The number of carbonyl (C=O) groups is 1. The molecule has 1 aromatic carbocycles. The number of carboxylic acids is 1. The Morgan fingerprint density at radius 2 is 2.05 bits per heavy atom. The van der Waals surface area contributed by atoms with Gasteiger partial charge in [-0.15, -0.1) is 0 Å². The minimum atomic E-state index is -1.48. The number of hydrogen-bond acceptors (Lipinski definition) is 4. The molecule has 0 bridgehead atoms. The van der Waals surface area contributed by atoms with Gasteiger partial charge in [-0.2, -0.15) is 5.26 Å². The van der Waals surface area contributed by atoms with Crippen LogP contribution in [0.3, 0.4) is 0 Å². The number of hydrogen-bond donors (Lipinski definition) is 1. The predicted octanol–water partition coefficient (Wildman–Crippen LogP) is -0.209. The highest BCUT2D eigenvalue weighted by Gasteiger charge is 2.13. The Balaban J connectivity index is 1.99. The number of aliphatic carboxylic acids is 1. The van der Waals surface area contributed by atoms with Crippen molar-refractivity contribution in [3.05, 3.63) is 35.4 Å². The number of ether oxygens (including phenoxy) is 1. The lowest BCUT2D eigenvalue weighted by molar-refractivity contribution is -0.904. The number of nitrogens with zero attached hydrogens (tertiary/aromatic N) is 1. The minimum absolute atomic E-state index is 0.405. The molecule has 1 heterocycles. The van der Waals surface area contributed by atoms with Gasteiger partial charge in [-0.3, -0.25) is 0 Å². The van der Waals surface area contributed by atoms with Crippen molar-refractivity contribution in [3.63, 3.8) is 0 Å². The summed E-state index contributed by atoms with van der Waals surface area (Å²) in [5.41, 5.74) is 0.176. The Labute approximate surface area is 130 Å². The third kappa shape index (κ3) is 4.61. The Hall–Kier alpha value is -2.32. The molecule has 1 aliphatic rings. The molecular formula is C17H20N2O3. The summed E-state index contributed by atoms with van der Waals surface area (Å²) in [6.07, 6.45) is 5.15. The highest BCUT2D eigenvalue weighted by Crippen LogP contribution is 2.20. The molecule has 0 aliphatic carbocycles. The SMILES string of the molecule is N#C/C(=C/c1ccccc1OCC[NH+]1CCCCC1)C(=O)[O-]. The van der Waals surface area contributed by atoms with Gasteiger partial charge in [0.1, 0.15) is 25.0 Å². The summed E-state index contributed by atoms with van der Waals surface area (Å²) < 4.78 is 5.78. The van der Waals surface area contributed by atoms with Crippen LogP contribution in [0.2, 0.25) is 0 Å². The van der Waals surface area contributed by atoms with E-state index < -0.39 is 11.5 Å². The highest BCUT2D eigenvalue weighted by atomic mass is 16.5. The number of rotatable bonds is 6. The summed E-state index contributed by atoms with van der Waals surface area (Å²) in [5, 5.41) is 19.6. The molecule has 2 rings (SSSR count). The van der Waals surface area contributed by atoms with Crippen LogP contribution in [-0.4, -0.2) is 32.2 Å². The van der Waals surface area contributed by atoms with Gasteiger partial charge in [-0.25, -0.2) is 0 Å². The molecule has 1 aliphatic heterocycles. The molecule has 1 N–H and O–H groups in total. The van der Waals surface area contributed by atoms with Gasteiger partial charge in [0.25, 0.3) is 0 Å². The Kier molecular flexibility index (Phi) is 5.99. The quantitative estimate of drug-likeness (QED) is 0.582. The van der Waals surface area contributed by atoms with Crippen molar-refractivity contribution in [1.29, 1.82) is 5.26 Å². The van der Waals surface area contributed by atoms with Crippen molar-refractivity contribution in [2.75, 3.05) is 26.2 Å². The van der Waals surface area contributed by atoms with E-state index in [1.54, 1.807) is 29.2 Å². The zero-order valence-corrected chi connectivity index (χ0v) is 12.5. The first-order valence-corrected chi connectivity index (χ1v) is 7.59. The monoisotopic (exact) mass is 300 g/mol. The molecule has 5 heteroatoms. The Morgan fingerprint density at radius 1 is 1.32 bits per heavy atom. The van der Waals surface area contributed by atoms with E-state index in [1.807, 2.05) is 6.07 Å². The van der Waals surface area contributed by atoms with Crippen LogP contribution in [0.1, 0.15) is 24.8 Å². The van der Waals surface area contributed by atoms with E-state index in [2.05, 4.69) is 0 Å². The van der Waals surface area contributed by atoms with E-state index in [4.69, 9.17) is 10.00 Å². The van der Waals surface area contributed by atoms with E-state index in [1.165, 1.54) is 38.4 Å². The van der Waals surface area contributed by atoms with Crippen LogP contribution in [-0.2, 0) is 4.79 Å². The summed E-state index contributed by atoms with van der Waals surface area (Å²) in [5.74, 6) is -0.886. The third-order valence-electron chi connectivity index (χ3n) is 3.83. The summed E-state index contributed by atoms with van der Waals surface area (Å²) >= 11 is 0. The largest absolute Gasteiger partial charge is 0.544 e. The van der Waals surface area contributed by atoms with Crippen molar-refractivity contribution in [2.24, 2.45) is 0 Å². The van der Waals surface area contributed by atoms with Crippen LogP contribution in [0.25, 0.3) is 6.08 Å². The maximum absolute atomic E-state index is 10.8. The number of likely N-dealkylation sites (tertiary alicyclic amines) is 1. The molecule has 5 nitrogen and oxygen atoms in total. The fraction of sp³-hybridized carbons (Fsp3) is 0.412. The minimum Gasteiger partial charge on any atom is -0.544 e. The average Bonchev–Trinajstić information content (AvgIpc) is 2.54. The Morgan fingerprint density at radius 3 is 2.73 bits per heavy atom. The van der Waals surface area contributed by atoms with Crippen molar-refractivity contribution in [2.45, 2.75) is 19.3 Å². The number of nitrogens with one attached hydrogen (secondary N) is 1. The molecule has 0 atom stereocenters. The number of para-hydroxylation sites is 1. The molecule has 0 radical (unpaired) electrons. The number of piperidine rings is 1. The van der Waals surface area contributed by atoms with Crippen LogP contribution in [0, 0.1) is 11.3 Å². The summed E-state index contributed by atoms with van der Waals surface area (Å²) in [4.78, 5) is 12.4. The van der Waals surface area contributed by atoms with Crippen molar-refractivity contribution in [3.8, 4) is 11.8 Å². The van der Waals surface area contributed by atoms with Gasteiger partial charge < -0.3 is 19.5 Å². The fourth-order valence-electron chi connectivity index (χ4n) is 2.63. The third-order valence-corrected chi connectivity index (χ3v) is 3.83. The standard InChI is InChI=1S/C17H20N2O3/c18-13-15(17(20)21)12-14-6-2-3-7-16(14)22-11-10-19-8-4-1-5-9-19/h2-3,6-7,12H,1,4-5,8-11H2,(H,20,21)/b15-12-. The molecular weight excluding hydrogens is 280 g/mol. The van der Waals surface area contributed by atoms with Crippen molar-refractivity contribution in [1.82, 2.24) is 0 Å². The van der Waals surface area contributed by atoms with Gasteiger partial charge in [0, 0.05) is 5.56 Å². The number of carboxylic acid groups (broad SMARTS) is 1. The molecule has 0 unspecified atom stereocenters. The lowest BCUT2D eigenvalue weighted by Gasteiger charge is -2.23. The van der Waals surface area contributed by atoms with Gasteiger partial charge in [0.05, 0.1) is 24.6 Å². The van der Waals surface area contributed by atoms with E-state index in [0.717, 1.165) is 6.54 Å². The average molecular weight is 300 g/mol. The lowest BCUT2D eigenvalue weighted by Crippen LogP contribution is -3.13. The second-order valence-corrected chi connectivity index (χ2v) is 5.40. The summed E-state index contributed by atoms with van der Waals surface area (Å²) in [6, 6.07) is 8.73. The zero-order valence-electron chi connectivity index (χ0n) is 12.5. The first kappa shape index (κ1) is 16.1. The zero-order chi connectivity index (χ0) is 15.8. The second-order valence-electron chi connectivity index (χ2n) is 5.40. The van der Waals surface area contributed by atoms with E-state index in [-0.39, 0.29) is 0 Å². The fourth-order valence-corrected chi connectivity index (χ4v) is 2.63. The predicted molar refractivity (Wildman–Crippen MR) is 79.9 cm³/mol. The van der Waals surface area contributed by atoms with Crippen LogP contribution in [0.15, 0.2) is 29.8 Å². The van der Waals surface area contributed by atoms with Crippen LogP contribution >= 0.6 is 0 Å². The van der Waals surface area contributed by atoms with E-state index >= 15 is 0 Å².